The van der Waals surface area contributed by atoms with E-state index in [1.165, 1.54) is 45.5 Å². The van der Waals surface area contributed by atoms with E-state index in [4.69, 9.17) is 30.3 Å². The van der Waals surface area contributed by atoms with E-state index in [1.807, 2.05) is 84.1 Å². The van der Waals surface area contributed by atoms with Crippen LogP contribution < -0.4 is 34.5 Å². The third-order valence-corrected chi connectivity index (χ3v) is 27.0. The summed E-state index contributed by atoms with van der Waals surface area (Å²) in [6, 6.07) is 29.8. The molecule has 7 atom stereocenters. The van der Waals surface area contributed by atoms with E-state index < -0.39 is 82.7 Å². The number of likely N-dealkylation sites (tertiary alicyclic amines) is 3. The number of alkyl halides is 3. The number of β-amino-alcohol motifs (C(OH)–C–C–N with tert-alkyl or cyclic N) is 1. The number of thiazole rings is 1. The first kappa shape index (κ1) is 77.5. The summed E-state index contributed by atoms with van der Waals surface area (Å²) < 4.78 is 125. The molecule has 1 aliphatic carbocycles. The van der Waals surface area contributed by atoms with Crippen LogP contribution in [0.15, 0.2) is 146 Å². The lowest BCUT2D eigenvalue weighted by atomic mass is 9.72. The van der Waals surface area contributed by atoms with Gasteiger partial charge in [0, 0.05) is 123 Å². The molecule has 7 aliphatic rings. The first-order valence-electron chi connectivity index (χ1n) is 36.9. The molecule has 8 heterocycles. The van der Waals surface area contributed by atoms with E-state index >= 15 is 0 Å². The minimum absolute atomic E-state index is 0.0121. The van der Waals surface area contributed by atoms with Crippen LogP contribution in [0.25, 0.3) is 16.0 Å². The van der Waals surface area contributed by atoms with E-state index in [1.54, 1.807) is 29.0 Å². The summed E-state index contributed by atoms with van der Waals surface area (Å²) in [6.45, 7) is 13.7. The average Bonchev–Trinajstić information content (AvgIpc) is 1.48. The Morgan fingerprint density at radius 1 is 0.862 bits per heavy atom. The number of halogens is 4. The molecule has 5 aromatic carbocycles. The van der Waals surface area contributed by atoms with Gasteiger partial charge in [0.2, 0.25) is 17.7 Å². The van der Waals surface area contributed by atoms with Crippen LogP contribution in [0.4, 0.5) is 24.5 Å². The summed E-state index contributed by atoms with van der Waals surface area (Å²) in [5.74, 6) is -1.32. The fourth-order valence-electron chi connectivity index (χ4n) is 16.1. The predicted molar refractivity (Wildman–Crippen MR) is 408 cm³/mol. The molecule has 7 aromatic rings. The Labute approximate surface area is 645 Å². The van der Waals surface area contributed by atoms with Crippen molar-refractivity contribution in [3.05, 3.63) is 160 Å². The number of unbranched alkanes of at least 4 members (excludes halogenated alkanes) is 1. The quantitative estimate of drug-likeness (QED) is 0.0275. The molecule has 4 N–H and O–H groups in total. The topological polar surface area (TPSA) is 276 Å². The molecular formula is C78H88ClF3N10O13S4. The summed E-state index contributed by atoms with van der Waals surface area (Å²) in [4.78, 5) is 69.9. The highest BCUT2D eigenvalue weighted by atomic mass is 35.5. The Morgan fingerprint density at radius 3 is 2.44 bits per heavy atom. The van der Waals surface area contributed by atoms with E-state index in [0.29, 0.717) is 87.7 Å². The van der Waals surface area contributed by atoms with Crippen LogP contribution in [0.1, 0.15) is 124 Å². The highest BCUT2D eigenvalue weighted by Gasteiger charge is 2.50. The van der Waals surface area contributed by atoms with Gasteiger partial charge in [-0.25, -0.2) is 26.5 Å². The van der Waals surface area contributed by atoms with Crippen molar-refractivity contribution >= 4 is 95.1 Å². The van der Waals surface area contributed by atoms with Crippen molar-refractivity contribution < 1.29 is 73.0 Å². The number of ether oxygens (including phenoxy) is 3. The summed E-state index contributed by atoms with van der Waals surface area (Å²) in [7, 11) is -11.2. The van der Waals surface area contributed by atoms with Gasteiger partial charge in [0.1, 0.15) is 41.6 Å². The number of thioether (sulfide) groups is 1. The molecule has 580 valence electrons. The second kappa shape index (κ2) is 32.2. The molecule has 0 spiro atoms. The average molecular weight is 1590 g/mol. The van der Waals surface area contributed by atoms with Crippen molar-refractivity contribution in [3.63, 3.8) is 0 Å². The van der Waals surface area contributed by atoms with Crippen LogP contribution >= 0.6 is 34.7 Å². The number of hydrogen-bond donors (Lipinski definition) is 4. The number of fused-ring (bicyclic) bond motifs is 8. The summed E-state index contributed by atoms with van der Waals surface area (Å²) in [5.41, 5.74) is 2.84. The van der Waals surface area contributed by atoms with Gasteiger partial charge in [-0.1, -0.05) is 81.3 Å². The lowest BCUT2D eigenvalue weighted by molar-refractivity contribution is -0.141. The molecule has 6 aliphatic heterocycles. The lowest BCUT2D eigenvalue weighted by Gasteiger charge is -2.46. The number of nitrogens with zero attached hydrogens (tertiary/aromatic N) is 7. The lowest BCUT2D eigenvalue weighted by Crippen LogP contribution is -2.57. The highest BCUT2D eigenvalue weighted by Crippen LogP contribution is 2.46. The van der Waals surface area contributed by atoms with Crippen LogP contribution in [0.5, 0.6) is 17.4 Å². The van der Waals surface area contributed by atoms with Gasteiger partial charge in [-0.2, -0.15) is 13.2 Å². The second-order valence-electron chi connectivity index (χ2n) is 30.3. The van der Waals surface area contributed by atoms with Gasteiger partial charge < -0.3 is 49.2 Å². The maximum absolute atomic E-state index is 14.7. The number of sulfone groups is 1. The van der Waals surface area contributed by atoms with Gasteiger partial charge in [0.15, 0.2) is 5.76 Å². The number of hydrogen-bond acceptors (Lipinski definition) is 21. The number of carbonyl (C=O) groups is 4. The highest BCUT2D eigenvalue weighted by molar-refractivity contribution is 7.99. The van der Waals surface area contributed by atoms with Gasteiger partial charge >= 0.3 is 5.51 Å². The van der Waals surface area contributed by atoms with Crippen molar-refractivity contribution in [1.82, 2.24) is 39.8 Å². The third-order valence-electron chi connectivity index (χ3n) is 21.8. The monoisotopic (exact) mass is 1590 g/mol. The smallest absolute Gasteiger partial charge is 0.489 e. The zero-order chi connectivity index (χ0) is 76.7. The number of amides is 4. The molecule has 2 bridgehead atoms. The number of anilines is 2. The van der Waals surface area contributed by atoms with Crippen molar-refractivity contribution in [2.45, 2.75) is 161 Å². The van der Waals surface area contributed by atoms with Crippen molar-refractivity contribution in [3.8, 4) is 27.8 Å². The number of sulfonamides is 1. The Kier molecular flexibility index (Phi) is 22.9. The molecule has 0 radical (unpaired) electrons. The van der Waals surface area contributed by atoms with Crippen LogP contribution in [-0.2, 0) is 47.4 Å². The Bertz CT molecular complexity index is 4820. The number of aliphatic hydroxyl groups excluding tert-OH is 1. The van der Waals surface area contributed by atoms with Crippen molar-refractivity contribution in [1.29, 1.82) is 0 Å². The second-order valence-corrected chi connectivity index (χ2v) is 36.3. The molecule has 14 rings (SSSR count). The number of benzene rings is 5. The molecule has 4 amide bonds. The Morgan fingerprint density at radius 2 is 1.67 bits per heavy atom. The normalized spacial score (nSPS) is 21.0. The number of allylic oxidation sites excluding steroid dienone is 1. The van der Waals surface area contributed by atoms with Gasteiger partial charge in [-0.05, 0) is 151 Å². The first-order valence-corrected chi connectivity index (χ1v) is 42.1. The third kappa shape index (κ3) is 17.3. The molecule has 2 aromatic heterocycles. The number of aliphatic hydroxyl groups is 1. The number of nitrogens with one attached hydrogen (secondary N) is 3. The van der Waals surface area contributed by atoms with Crippen molar-refractivity contribution in [2.75, 3.05) is 81.5 Å². The van der Waals surface area contributed by atoms with Gasteiger partial charge in [0.25, 0.3) is 31.6 Å². The molecular weight excluding hydrogens is 1510 g/mol. The van der Waals surface area contributed by atoms with Gasteiger partial charge in [-0.15, -0.1) is 23.1 Å². The fourth-order valence-corrected chi connectivity index (χ4v) is 20.1. The zero-order valence-corrected chi connectivity index (χ0v) is 64.9. The zero-order valence-electron chi connectivity index (χ0n) is 60.8. The maximum atomic E-state index is 14.7. The van der Waals surface area contributed by atoms with Crippen LogP contribution in [-0.4, -0.2) is 188 Å². The molecule has 0 unspecified atom stereocenters. The van der Waals surface area contributed by atoms with E-state index in [2.05, 4.69) is 61.5 Å². The predicted octanol–water partition coefficient (Wildman–Crippen LogP) is 11.8. The molecule has 0 saturated carbocycles. The number of rotatable bonds is 27. The largest absolute Gasteiger partial charge is 0.501 e. The van der Waals surface area contributed by atoms with Crippen molar-refractivity contribution in [2.24, 2.45) is 11.3 Å². The molecule has 109 heavy (non-hydrogen) atoms. The minimum Gasteiger partial charge on any atom is -0.489 e. The van der Waals surface area contributed by atoms with Crippen LogP contribution in [0.2, 0.25) is 5.02 Å². The van der Waals surface area contributed by atoms with E-state index in [9.17, 15) is 54.3 Å². The summed E-state index contributed by atoms with van der Waals surface area (Å²) >= 11 is 9.20. The standard InChI is InChI=1S/C78H88ClF3N10O13S4/c1-47(2)72(76(97)92-42-57(93)33-65(92)75(96)83-37-48-13-20-61-66(30-48)104-44-63-73(61)107-46-84-63)68-35-70(86-105-68)102-29-9-8-12-71(94)91-41-54-32-55(91)40-89(54)26-24-53(45-106-58-10-6-5-7-11-58)85-62-21-19-59(34-69(62)108(98,99)78(80,81)82)109(100,101)87-74(95)50-16-22-64-67(31-50)103-43-56-39-88(27-28-90(56)64)38-51-36-77(3,4)25-23-60(51)49-14-17-52(79)18-15-49/h5-7,10-11,13-22,30-31,34-35,46-47,53-57,65,72,85,93H,8-9,12,23-29,32-33,36-45H2,1-4H3,(H,83,96)(H,87,95)/t53-,54-,55-,56+,57-,65-,72+/m1/s1. The van der Waals surface area contributed by atoms with Gasteiger partial charge in [0.05, 0.1) is 51.1 Å². The Hall–Kier alpha value is -8.23. The maximum Gasteiger partial charge on any atom is 0.501 e. The molecule has 31 heteroatoms. The van der Waals surface area contributed by atoms with Crippen LogP contribution in [0, 0.1) is 11.3 Å². The number of carbonyl (C=O) groups excluding carboxylic acids is 4. The molecule has 4 fully saturated rings. The van der Waals surface area contributed by atoms with Crippen LogP contribution in [0.3, 0.4) is 0 Å². The summed E-state index contributed by atoms with van der Waals surface area (Å²) in [6.07, 6.45) is 4.46. The fraction of sp³-hybridized carbons (Fsp3) is 0.462. The molecule has 4 saturated heterocycles. The van der Waals surface area contributed by atoms with E-state index in [-0.39, 0.29) is 90.9 Å². The Balaban J connectivity index is 0.559. The molecule has 23 nitrogen and oxygen atoms in total. The van der Waals surface area contributed by atoms with E-state index in [0.717, 1.165) is 83.3 Å². The first-order chi connectivity index (χ1) is 52.1. The SMILES string of the molecule is CC(C)[C@H](C(=O)N1C[C@H](O)C[C@@H]1C(=O)NCc1ccc2c(c1)OCc1ncsc1-2)c1cc(OCCCCC(=O)N2C[C@H]3C[C@@H]2CN3CC[C@H](CSc2ccccc2)Nc2ccc(S(=O)(=O)NC(=O)c3ccc4c(c3)OC[C@@H]3CN(CC5=C(c6ccc(Cl)cc6)CCC(C)(C)C5)CCN43)cc2S(=O)(=O)C(F)(F)F)no1. The minimum atomic E-state index is -6.20. The summed E-state index contributed by atoms with van der Waals surface area (Å²) in [5, 5.41) is 21.5. The van der Waals surface area contributed by atoms with Gasteiger partial charge in [-0.3, -0.25) is 29.0 Å². The number of aromatic nitrogens is 2. The number of piperazine rings is 2.